The van der Waals surface area contributed by atoms with Crippen molar-refractivity contribution in [2.75, 3.05) is 13.1 Å². The van der Waals surface area contributed by atoms with E-state index in [0.717, 1.165) is 83.7 Å². The summed E-state index contributed by atoms with van der Waals surface area (Å²) in [6, 6.07) is 17.1. The Balaban J connectivity index is 0.000000146. The number of carbonyl (C=O) groups excluding carboxylic acids is 1. The number of likely N-dealkylation sites (tertiary alicyclic amines) is 1. The number of hydrogen-bond acceptors (Lipinski definition) is 10. The second kappa shape index (κ2) is 14.3. The lowest BCUT2D eigenvalue weighted by Gasteiger charge is -2.33. The summed E-state index contributed by atoms with van der Waals surface area (Å²) in [5, 5.41) is 20.0. The zero-order valence-electron chi connectivity index (χ0n) is 29.0. The first-order valence-corrected chi connectivity index (χ1v) is 18.5. The van der Waals surface area contributed by atoms with Crippen LogP contribution in [0.25, 0.3) is 33.7 Å². The molecule has 12 heteroatoms. The van der Waals surface area contributed by atoms with Crippen molar-refractivity contribution in [1.29, 1.82) is 0 Å². The van der Waals surface area contributed by atoms with E-state index < -0.39 is 0 Å². The van der Waals surface area contributed by atoms with Crippen LogP contribution in [0, 0.1) is 0 Å². The number of Topliss-reactive ketones (excluding diaryl/α,β-unsaturated/α-hetero) is 1. The zero-order chi connectivity index (χ0) is 34.0. The standard InChI is InChI=1S/C21H27N5O.C17H18N4O2/c1-2-18-17-7-3-4-8-19(17)26(23-18)21-22-20(27-24-21)15-9-11-16(12-10-15)25-13-5-6-14-25;1-2-14-13-5-3-4-6-15(13)21(19-14)17-18-16(23-20-17)11-7-9-12(22)10-8-11/h3-4,7-8,15-16H,2,5-6,9-14H2,1H3;3-6,11H,2,7-10H2,1H3. The summed E-state index contributed by atoms with van der Waals surface area (Å²) in [4.78, 5) is 23.3. The zero-order valence-corrected chi connectivity index (χ0v) is 29.0. The summed E-state index contributed by atoms with van der Waals surface area (Å²) in [6.07, 6.45) is 12.0. The molecule has 1 aliphatic heterocycles. The molecule has 3 aliphatic rings. The van der Waals surface area contributed by atoms with Crippen molar-refractivity contribution in [1.82, 2.24) is 44.7 Å². The van der Waals surface area contributed by atoms with Crippen LogP contribution in [-0.2, 0) is 17.6 Å². The number of aryl methyl sites for hydroxylation is 2. The number of fused-ring (bicyclic) bond motifs is 2. The van der Waals surface area contributed by atoms with Gasteiger partial charge in [-0.1, -0.05) is 50.2 Å². The Kier molecular flexibility index (Phi) is 9.27. The molecule has 2 aliphatic carbocycles. The Hall–Kier alpha value is -4.71. The molecule has 0 amide bonds. The molecule has 6 aromatic rings. The topological polar surface area (TPSA) is 134 Å². The molecule has 2 aromatic carbocycles. The molecule has 0 atom stereocenters. The van der Waals surface area contributed by atoms with E-state index in [4.69, 9.17) is 19.1 Å². The largest absolute Gasteiger partial charge is 0.337 e. The first kappa shape index (κ1) is 32.5. The smallest absolute Gasteiger partial charge is 0.291 e. The van der Waals surface area contributed by atoms with Gasteiger partial charge in [0.25, 0.3) is 11.9 Å². The number of para-hydroxylation sites is 2. The number of carbonyl (C=O) groups is 1. The van der Waals surface area contributed by atoms with Crippen LogP contribution in [0.4, 0.5) is 0 Å². The van der Waals surface area contributed by atoms with Crippen molar-refractivity contribution in [2.24, 2.45) is 0 Å². The average Bonchev–Trinajstić information content (AvgIpc) is 4.02. The molecule has 9 rings (SSSR count). The molecule has 0 radical (unpaired) electrons. The molecule has 12 nitrogen and oxygen atoms in total. The van der Waals surface area contributed by atoms with Crippen LogP contribution in [0.15, 0.2) is 57.6 Å². The van der Waals surface area contributed by atoms with Crippen molar-refractivity contribution in [2.45, 2.75) is 109 Å². The number of aromatic nitrogens is 8. The van der Waals surface area contributed by atoms with E-state index in [0.29, 0.717) is 42.3 Å². The van der Waals surface area contributed by atoms with Gasteiger partial charge in [0.2, 0.25) is 11.8 Å². The predicted octanol–water partition coefficient (Wildman–Crippen LogP) is 7.29. The third-order valence-electron chi connectivity index (χ3n) is 10.8. The fourth-order valence-electron chi connectivity index (χ4n) is 8.03. The fraction of sp³-hybridized carbons (Fsp3) is 0.500. The van der Waals surface area contributed by atoms with Crippen molar-refractivity contribution in [3.63, 3.8) is 0 Å². The van der Waals surface area contributed by atoms with Crippen molar-refractivity contribution in [3.8, 4) is 11.9 Å². The van der Waals surface area contributed by atoms with Crippen molar-refractivity contribution >= 4 is 27.6 Å². The minimum Gasteiger partial charge on any atom is -0.337 e. The Morgan fingerprint density at radius 2 is 1.14 bits per heavy atom. The van der Waals surface area contributed by atoms with Gasteiger partial charge in [0, 0.05) is 41.5 Å². The first-order chi connectivity index (χ1) is 24.6. The minimum atomic E-state index is 0.182. The first-order valence-electron chi connectivity index (χ1n) is 18.5. The number of hydrogen-bond donors (Lipinski definition) is 0. The highest BCUT2D eigenvalue weighted by atomic mass is 16.5. The molecular weight excluding hydrogens is 630 g/mol. The summed E-state index contributed by atoms with van der Waals surface area (Å²) in [5.41, 5.74) is 4.12. The predicted molar refractivity (Wildman–Crippen MR) is 189 cm³/mol. The molecule has 5 heterocycles. The maximum Gasteiger partial charge on any atom is 0.291 e. The van der Waals surface area contributed by atoms with Crippen LogP contribution < -0.4 is 0 Å². The third kappa shape index (κ3) is 6.36. The summed E-state index contributed by atoms with van der Waals surface area (Å²) < 4.78 is 14.7. The van der Waals surface area contributed by atoms with E-state index >= 15 is 0 Å². The highest BCUT2D eigenvalue weighted by Crippen LogP contribution is 2.36. The second-order valence-electron chi connectivity index (χ2n) is 13.9. The van der Waals surface area contributed by atoms with Crippen molar-refractivity contribution < 1.29 is 13.8 Å². The van der Waals surface area contributed by atoms with Crippen LogP contribution in [0.5, 0.6) is 0 Å². The van der Waals surface area contributed by atoms with Gasteiger partial charge >= 0.3 is 0 Å². The Labute approximate surface area is 291 Å². The molecule has 50 heavy (non-hydrogen) atoms. The summed E-state index contributed by atoms with van der Waals surface area (Å²) in [6.45, 7) is 6.78. The van der Waals surface area contributed by atoms with Gasteiger partial charge in [-0.15, -0.1) is 0 Å². The molecule has 0 spiro atoms. The van der Waals surface area contributed by atoms with Gasteiger partial charge in [0.05, 0.1) is 22.4 Å². The molecule has 2 saturated carbocycles. The van der Waals surface area contributed by atoms with E-state index in [1.807, 2.05) is 35.0 Å². The molecule has 260 valence electrons. The quantitative estimate of drug-likeness (QED) is 0.170. The van der Waals surface area contributed by atoms with E-state index in [2.05, 4.69) is 57.3 Å². The Morgan fingerprint density at radius 1 is 0.660 bits per heavy atom. The average molecular weight is 676 g/mol. The van der Waals surface area contributed by atoms with Gasteiger partial charge in [-0.25, -0.2) is 0 Å². The fourth-order valence-corrected chi connectivity index (χ4v) is 8.03. The molecule has 0 unspecified atom stereocenters. The molecule has 3 fully saturated rings. The maximum atomic E-state index is 11.4. The Bertz CT molecular complexity index is 2070. The van der Waals surface area contributed by atoms with Gasteiger partial charge in [-0.3, -0.25) is 4.79 Å². The second-order valence-corrected chi connectivity index (χ2v) is 13.9. The Morgan fingerprint density at radius 3 is 1.64 bits per heavy atom. The lowest BCUT2D eigenvalue weighted by atomic mass is 9.85. The summed E-state index contributed by atoms with van der Waals surface area (Å²) in [5.74, 6) is 3.31. The van der Waals surface area contributed by atoms with Gasteiger partial charge in [0.1, 0.15) is 5.78 Å². The number of ketones is 1. The molecular formula is C38H45N9O3. The van der Waals surface area contributed by atoms with E-state index in [1.54, 1.807) is 4.68 Å². The molecule has 1 saturated heterocycles. The van der Waals surface area contributed by atoms with E-state index in [1.165, 1.54) is 38.8 Å². The lowest BCUT2D eigenvalue weighted by molar-refractivity contribution is -0.120. The summed E-state index contributed by atoms with van der Waals surface area (Å²) >= 11 is 0. The van der Waals surface area contributed by atoms with Gasteiger partial charge in [-0.05, 0) is 99.7 Å². The normalized spacial score (nSPS) is 20.5. The highest BCUT2D eigenvalue weighted by Gasteiger charge is 2.31. The lowest BCUT2D eigenvalue weighted by Crippen LogP contribution is -2.35. The highest BCUT2D eigenvalue weighted by molar-refractivity contribution is 5.84. The SMILES string of the molecule is CCc1nn(-c2noc(C3CCC(=O)CC3)n2)c2ccccc12.CCc1nn(-c2noc(C3CCC(N4CCCC4)CC3)n2)c2ccccc12. The molecule has 0 bridgehead atoms. The third-order valence-corrected chi connectivity index (χ3v) is 10.8. The van der Waals surface area contributed by atoms with E-state index in [-0.39, 0.29) is 5.92 Å². The summed E-state index contributed by atoms with van der Waals surface area (Å²) in [7, 11) is 0. The number of benzene rings is 2. The van der Waals surface area contributed by atoms with Gasteiger partial charge in [-0.2, -0.15) is 29.5 Å². The molecule has 0 N–H and O–H groups in total. The van der Waals surface area contributed by atoms with Gasteiger partial charge in [0.15, 0.2) is 0 Å². The van der Waals surface area contributed by atoms with Crippen LogP contribution in [0.1, 0.15) is 113 Å². The monoisotopic (exact) mass is 675 g/mol. The van der Waals surface area contributed by atoms with Crippen molar-refractivity contribution in [3.05, 3.63) is 71.7 Å². The van der Waals surface area contributed by atoms with Gasteiger partial charge < -0.3 is 13.9 Å². The number of rotatable bonds is 7. The number of nitrogens with zero attached hydrogens (tertiary/aromatic N) is 9. The van der Waals surface area contributed by atoms with E-state index in [9.17, 15) is 4.79 Å². The van der Waals surface area contributed by atoms with Crippen LogP contribution in [-0.4, -0.2) is 69.7 Å². The molecule has 4 aromatic heterocycles. The van der Waals surface area contributed by atoms with Crippen LogP contribution >= 0.6 is 0 Å². The maximum absolute atomic E-state index is 11.4. The minimum absolute atomic E-state index is 0.182. The van der Waals surface area contributed by atoms with Crippen LogP contribution in [0.3, 0.4) is 0 Å². The van der Waals surface area contributed by atoms with Crippen LogP contribution in [0.2, 0.25) is 0 Å².